The molecule has 1 aromatic rings. The first-order valence-corrected chi connectivity index (χ1v) is 11.0. The van der Waals surface area contributed by atoms with E-state index in [1.54, 1.807) is 0 Å². The van der Waals surface area contributed by atoms with E-state index in [9.17, 15) is 5.26 Å². The minimum Gasteiger partial charge on any atom is -0.239 e. The highest BCUT2D eigenvalue weighted by molar-refractivity contribution is 5.22. The van der Waals surface area contributed by atoms with E-state index < -0.39 is 5.41 Å². The number of unbranched alkanes of at least 4 members (excludes halogenated alkanes) is 6. The summed E-state index contributed by atoms with van der Waals surface area (Å²) in [6.07, 6.45) is 20.9. The molecule has 0 unspecified atom stereocenters. The van der Waals surface area contributed by atoms with Crippen LogP contribution >= 0.6 is 0 Å². The lowest BCUT2D eigenvalue weighted by Gasteiger charge is -2.33. The molecule has 0 spiro atoms. The van der Waals surface area contributed by atoms with Gasteiger partial charge in [-0.05, 0) is 50.0 Å². The highest BCUT2D eigenvalue weighted by Gasteiger charge is 2.39. The molecule has 0 aliphatic heterocycles. The van der Waals surface area contributed by atoms with Crippen LogP contribution in [0.15, 0.2) is 12.4 Å². The van der Waals surface area contributed by atoms with E-state index in [1.165, 1.54) is 63.4 Å². The van der Waals surface area contributed by atoms with Crippen molar-refractivity contribution in [2.24, 2.45) is 5.92 Å². The normalized spacial score (nSPS) is 22.9. The lowest BCUT2D eigenvalue weighted by Crippen LogP contribution is -2.32. The quantitative estimate of drug-likeness (QED) is 0.424. The van der Waals surface area contributed by atoms with Gasteiger partial charge in [-0.25, -0.2) is 9.97 Å². The maximum Gasteiger partial charge on any atom is 0.148 e. The van der Waals surface area contributed by atoms with Gasteiger partial charge in [0.05, 0.1) is 6.07 Å². The second-order valence-corrected chi connectivity index (χ2v) is 8.21. The largest absolute Gasteiger partial charge is 0.239 e. The van der Waals surface area contributed by atoms with Gasteiger partial charge in [0, 0.05) is 12.4 Å². The van der Waals surface area contributed by atoms with Gasteiger partial charge in [0.15, 0.2) is 0 Å². The minimum atomic E-state index is -0.444. The van der Waals surface area contributed by atoms with Crippen LogP contribution in [0.3, 0.4) is 0 Å². The first-order valence-electron chi connectivity index (χ1n) is 11.0. The van der Waals surface area contributed by atoms with E-state index in [4.69, 9.17) is 0 Å². The minimum absolute atomic E-state index is 0.444. The molecule has 144 valence electrons. The van der Waals surface area contributed by atoms with E-state index in [-0.39, 0.29) is 0 Å². The summed E-state index contributed by atoms with van der Waals surface area (Å²) in [7, 11) is 0. The molecule has 1 heterocycles. The molecule has 3 heteroatoms. The van der Waals surface area contributed by atoms with E-state index in [1.807, 2.05) is 12.4 Å². The van der Waals surface area contributed by atoms with Crippen molar-refractivity contribution in [2.45, 2.75) is 109 Å². The summed E-state index contributed by atoms with van der Waals surface area (Å²) in [5.41, 5.74) is 0.771. The number of rotatable bonds is 11. The van der Waals surface area contributed by atoms with E-state index in [2.05, 4.69) is 29.9 Å². The molecule has 1 fully saturated rings. The van der Waals surface area contributed by atoms with Crippen molar-refractivity contribution >= 4 is 0 Å². The summed E-state index contributed by atoms with van der Waals surface area (Å²) in [5.74, 6) is 1.56. The van der Waals surface area contributed by atoms with Crippen molar-refractivity contribution in [3.63, 3.8) is 0 Å². The van der Waals surface area contributed by atoms with E-state index >= 15 is 0 Å². The molecule has 0 saturated heterocycles. The summed E-state index contributed by atoms with van der Waals surface area (Å²) in [5, 5.41) is 9.86. The Morgan fingerprint density at radius 1 is 0.962 bits per heavy atom. The Morgan fingerprint density at radius 3 is 2.19 bits per heavy atom. The number of hydrogen-bond acceptors (Lipinski definition) is 3. The Morgan fingerprint density at radius 2 is 1.58 bits per heavy atom. The maximum atomic E-state index is 9.86. The van der Waals surface area contributed by atoms with E-state index in [0.29, 0.717) is 0 Å². The number of aryl methyl sites for hydroxylation is 1. The SMILES string of the molecule is CCCCCCCc1cnc([C@]2(C#N)CC[C@H](CCCCC)CC2)nc1. The first kappa shape index (κ1) is 20.9. The summed E-state index contributed by atoms with van der Waals surface area (Å²) in [6.45, 7) is 4.50. The Balaban J connectivity index is 1.85. The molecule has 0 radical (unpaired) electrons. The molecule has 1 aliphatic carbocycles. The number of aromatic nitrogens is 2. The Hall–Kier alpha value is -1.43. The summed E-state index contributed by atoms with van der Waals surface area (Å²) in [4.78, 5) is 9.25. The van der Waals surface area contributed by atoms with Gasteiger partial charge in [0.25, 0.3) is 0 Å². The summed E-state index contributed by atoms with van der Waals surface area (Å²) in [6, 6.07) is 2.58. The molecule has 0 amide bonds. The van der Waals surface area contributed by atoms with Gasteiger partial charge in [-0.3, -0.25) is 0 Å². The van der Waals surface area contributed by atoms with Gasteiger partial charge < -0.3 is 0 Å². The Labute approximate surface area is 160 Å². The lowest BCUT2D eigenvalue weighted by atomic mass is 9.69. The molecular weight excluding hydrogens is 318 g/mol. The summed E-state index contributed by atoms with van der Waals surface area (Å²) < 4.78 is 0. The molecule has 2 rings (SSSR count). The smallest absolute Gasteiger partial charge is 0.148 e. The third-order valence-electron chi connectivity index (χ3n) is 6.09. The molecule has 0 aromatic carbocycles. The number of nitriles is 1. The molecule has 1 aliphatic rings. The van der Waals surface area contributed by atoms with Crippen LogP contribution in [0.5, 0.6) is 0 Å². The fraction of sp³-hybridized carbons (Fsp3) is 0.783. The monoisotopic (exact) mass is 355 g/mol. The standard InChI is InChI=1S/C23H37N3/c1-3-5-7-8-10-12-21-17-25-22(26-18-21)23(19-24)15-13-20(14-16-23)11-9-6-4-2/h17-18,20H,3-16H2,1-2H3/t20-,23+. The number of hydrogen-bond donors (Lipinski definition) is 0. The fourth-order valence-electron chi connectivity index (χ4n) is 4.19. The van der Waals surface area contributed by atoms with Crippen LogP contribution in [0.2, 0.25) is 0 Å². The van der Waals surface area contributed by atoms with Crippen LogP contribution in [-0.2, 0) is 11.8 Å². The summed E-state index contributed by atoms with van der Waals surface area (Å²) >= 11 is 0. The molecule has 3 nitrogen and oxygen atoms in total. The van der Waals surface area contributed by atoms with Crippen molar-refractivity contribution in [1.29, 1.82) is 5.26 Å². The topological polar surface area (TPSA) is 49.6 Å². The van der Waals surface area contributed by atoms with Gasteiger partial charge in [-0.2, -0.15) is 5.26 Å². The first-order chi connectivity index (χ1) is 12.7. The zero-order valence-electron chi connectivity index (χ0n) is 17.0. The van der Waals surface area contributed by atoms with Gasteiger partial charge in [-0.1, -0.05) is 65.2 Å². The molecular formula is C23H37N3. The maximum absolute atomic E-state index is 9.86. The van der Waals surface area contributed by atoms with Gasteiger partial charge >= 0.3 is 0 Å². The molecule has 0 atom stereocenters. The van der Waals surface area contributed by atoms with Crippen LogP contribution < -0.4 is 0 Å². The van der Waals surface area contributed by atoms with E-state index in [0.717, 1.165) is 43.8 Å². The average Bonchev–Trinajstić information content (AvgIpc) is 2.69. The predicted molar refractivity (Wildman–Crippen MR) is 108 cm³/mol. The molecule has 0 N–H and O–H groups in total. The van der Waals surface area contributed by atoms with Gasteiger partial charge in [0.2, 0.25) is 0 Å². The Kier molecular flexibility index (Phi) is 9.09. The van der Waals surface area contributed by atoms with Crippen molar-refractivity contribution in [3.8, 4) is 6.07 Å². The van der Waals surface area contributed by atoms with Gasteiger partial charge in [0.1, 0.15) is 11.2 Å². The zero-order valence-corrected chi connectivity index (χ0v) is 17.0. The second kappa shape index (κ2) is 11.3. The van der Waals surface area contributed by atoms with Crippen LogP contribution in [0, 0.1) is 17.2 Å². The molecule has 26 heavy (non-hydrogen) atoms. The van der Waals surface area contributed by atoms with Crippen LogP contribution in [0.4, 0.5) is 0 Å². The highest BCUT2D eigenvalue weighted by Crippen LogP contribution is 2.41. The Bertz CT molecular complexity index is 536. The second-order valence-electron chi connectivity index (χ2n) is 8.21. The molecule has 1 aromatic heterocycles. The predicted octanol–water partition coefficient (Wildman–Crippen LogP) is 6.52. The van der Waals surface area contributed by atoms with Crippen molar-refractivity contribution < 1.29 is 0 Å². The van der Waals surface area contributed by atoms with Crippen LogP contribution in [-0.4, -0.2) is 9.97 Å². The fourth-order valence-corrected chi connectivity index (χ4v) is 4.19. The van der Waals surface area contributed by atoms with Crippen LogP contribution in [0.1, 0.15) is 109 Å². The third-order valence-corrected chi connectivity index (χ3v) is 6.09. The zero-order chi connectivity index (χ0) is 18.7. The third kappa shape index (κ3) is 6.08. The average molecular weight is 356 g/mol. The molecule has 0 bridgehead atoms. The number of nitrogens with zero attached hydrogens (tertiary/aromatic N) is 3. The lowest BCUT2D eigenvalue weighted by molar-refractivity contribution is 0.254. The molecule has 1 saturated carbocycles. The van der Waals surface area contributed by atoms with Crippen molar-refractivity contribution in [3.05, 3.63) is 23.8 Å². The van der Waals surface area contributed by atoms with Crippen molar-refractivity contribution in [1.82, 2.24) is 9.97 Å². The van der Waals surface area contributed by atoms with Gasteiger partial charge in [-0.15, -0.1) is 0 Å². The van der Waals surface area contributed by atoms with Crippen LogP contribution in [0.25, 0.3) is 0 Å². The highest BCUT2D eigenvalue weighted by atomic mass is 14.9. The van der Waals surface area contributed by atoms with Crippen molar-refractivity contribution in [2.75, 3.05) is 0 Å².